The number of aryl methyl sites for hydroxylation is 1. The van der Waals surface area contributed by atoms with E-state index in [4.69, 9.17) is 0 Å². The zero-order valence-corrected chi connectivity index (χ0v) is 12.6. The second-order valence-electron chi connectivity index (χ2n) is 5.54. The van der Waals surface area contributed by atoms with Crippen LogP contribution in [0, 0.1) is 6.92 Å². The Morgan fingerprint density at radius 3 is 2.38 bits per heavy atom. The lowest BCUT2D eigenvalue weighted by Gasteiger charge is -2.20. The first-order valence-corrected chi connectivity index (χ1v) is 7.49. The van der Waals surface area contributed by atoms with Crippen molar-refractivity contribution in [1.82, 2.24) is 5.32 Å². The number of rotatable bonds is 4. The zero-order valence-electron chi connectivity index (χ0n) is 12.6. The summed E-state index contributed by atoms with van der Waals surface area (Å²) < 4.78 is 0. The fourth-order valence-corrected chi connectivity index (χ4v) is 2.98. The molecule has 0 aliphatic carbocycles. The predicted molar refractivity (Wildman–Crippen MR) is 90.6 cm³/mol. The van der Waals surface area contributed by atoms with Crippen molar-refractivity contribution in [3.05, 3.63) is 83.4 Å². The van der Waals surface area contributed by atoms with Crippen molar-refractivity contribution in [2.24, 2.45) is 0 Å². The summed E-state index contributed by atoms with van der Waals surface area (Å²) in [5.74, 6) is 0. The lowest BCUT2D eigenvalue weighted by atomic mass is 9.93. The van der Waals surface area contributed by atoms with Gasteiger partial charge in [-0.2, -0.15) is 0 Å². The number of fused-ring (bicyclic) bond motifs is 1. The zero-order chi connectivity index (χ0) is 14.7. The Kier molecular flexibility index (Phi) is 4.03. The lowest BCUT2D eigenvalue weighted by molar-refractivity contribution is 0.595. The van der Waals surface area contributed by atoms with Crippen LogP contribution in [0.3, 0.4) is 0 Å². The van der Waals surface area contributed by atoms with E-state index < -0.39 is 0 Å². The topological polar surface area (TPSA) is 12.0 Å². The van der Waals surface area contributed by atoms with Gasteiger partial charge in [-0.05, 0) is 47.9 Å². The van der Waals surface area contributed by atoms with Gasteiger partial charge in [0.05, 0.1) is 0 Å². The van der Waals surface area contributed by atoms with Crippen molar-refractivity contribution in [2.75, 3.05) is 7.05 Å². The Morgan fingerprint density at radius 2 is 1.57 bits per heavy atom. The van der Waals surface area contributed by atoms with E-state index in [2.05, 4.69) is 79.0 Å². The molecule has 1 N–H and O–H groups in total. The van der Waals surface area contributed by atoms with Gasteiger partial charge in [-0.3, -0.25) is 0 Å². The maximum atomic E-state index is 3.49. The predicted octanol–water partition coefficient (Wildman–Crippen LogP) is 4.65. The summed E-state index contributed by atoms with van der Waals surface area (Å²) in [7, 11) is 2.05. The number of likely N-dealkylation sites (N-methyl/N-ethyl adjacent to an activating group) is 1. The SMILES string of the molecule is CNC(Cc1ccccc1C)c1cccc2ccccc12. The van der Waals surface area contributed by atoms with Crippen LogP contribution in [0.25, 0.3) is 10.8 Å². The van der Waals surface area contributed by atoms with Gasteiger partial charge in [-0.25, -0.2) is 0 Å². The molecule has 0 spiro atoms. The highest BCUT2D eigenvalue weighted by Crippen LogP contribution is 2.27. The highest BCUT2D eigenvalue weighted by molar-refractivity contribution is 5.86. The first-order chi connectivity index (χ1) is 10.3. The largest absolute Gasteiger partial charge is 0.313 e. The van der Waals surface area contributed by atoms with Gasteiger partial charge in [-0.1, -0.05) is 66.7 Å². The Hall–Kier alpha value is -2.12. The van der Waals surface area contributed by atoms with Crippen LogP contribution in [0.5, 0.6) is 0 Å². The smallest absolute Gasteiger partial charge is 0.0364 e. The van der Waals surface area contributed by atoms with Crippen LogP contribution in [0.2, 0.25) is 0 Å². The van der Waals surface area contributed by atoms with Crippen LogP contribution in [0.15, 0.2) is 66.7 Å². The average molecular weight is 275 g/mol. The maximum absolute atomic E-state index is 3.49. The van der Waals surface area contributed by atoms with Gasteiger partial charge in [0.25, 0.3) is 0 Å². The van der Waals surface area contributed by atoms with E-state index in [1.807, 2.05) is 7.05 Å². The fourth-order valence-electron chi connectivity index (χ4n) is 2.98. The van der Waals surface area contributed by atoms with E-state index in [0.717, 1.165) is 6.42 Å². The quantitative estimate of drug-likeness (QED) is 0.730. The molecular weight excluding hydrogens is 254 g/mol. The minimum Gasteiger partial charge on any atom is -0.313 e. The summed E-state index contributed by atoms with van der Waals surface area (Å²) in [6.07, 6.45) is 1.01. The number of benzene rings is 3. The van der Waals surface area contributed by atoms with Gasteiger partial charge in [0.1, 0.15) is 0 Å². The molecule has 1 nitrogen and oxygen atoms in total. The Morgan fingerprint density at radius 1 is 0.857 bits per heavy atom. The van der Waals surface area contributed by atoms with Crippen LogP contribution in [0.4, 0.5) is 0 Å². The summed E-state index contributed by atoms with van der Waals surface area (Å²) in [5.41, 5.74) is 4.14. The summed E-state index contributed by atoms with van der Waals surface area (Å²) in [6, 6.07) is 24.2. The van der Waals surface area contributed by atoms with E-state index in [1.54, 1.807) is 0 Å². The Balaban J connectivity index is 2.01. The second kappa shape index (κ2) is 6.11. The molecule has 0 fully saturated rings. The van der Waals surface area contributed by atoms with Crippen molar-refractivity contribution in [2.45, 2.75) is 19.4 Å². The Bertz CT molecular complexity index is 740. The van der Waals surface area contributed by atoms with Gasteiger partial charge >= 0.3 is 0 Å². The monoisotopic (exact) mass is 275 g/mol. The molecule has 3 aromatic carbocycles. The van der Waals surface area contributed by atoms with Gasteiger partial charge in [0, 0.05) is 6.04 Å². The molecule has 1 unspecified atom stereocenters. The molecule has 106 valence electrons. The molecule has 1 heteroatoms. The molecule has 3 rings (SSSR count). The third-order valence-corrected chi connectivity index (χ3v) is 4.23. The molecule has 0 heterocycles. The van der Waals surface area contributed by atoms with Crippen molar-refractivity contribution in [3.63, 3.8) is 0 Å². The number of nitrogens with one attached hydrogen (secondary N) is 1. The maximum Gasteiger partial charge on any atom is 0.0364 e. The Labute approximate surface area is 126 Å². The highest BCUT2D eigenvalue weighted by Gasteiger charge is 2.13. The van der Waals surface area contributed by atoms with Crippen molar-refractivity contribution in [1.29, 1.82) is 0 Å². The molecule has 0 bridgehead atoms. The molecular formula is C20H21N. The fraction of sp³-hybridized carbons (Fsp3) is 0.200. The summed E-state index contributed by atoms with van der Waals surface area (Å²) in [6.45, 7) is 2.19. The minimum atomic E-state index is 0.331. The molecule has 3 aromatic rings. The third kappa shape index (κ3) is 2.84. The number of hydrogen-bond acceptors (Lipinski definition) is 1. The summed E-state index contributed by atoms with van der Waals surface area (Å²) in [5, 5.41) is 6.13. The molecule has 0 aliphatic rings. The normalized spacial score (nSPS) is 12.5. The average Bonchev–Trinajstić information content (AvgIpc) is 2.54. The van der Waals surface area contributed by atoms with Crippen LogP contribution in [-0.2, 0) is 6.42 Å². The van der Waals surface area contributed by atoms with Crippen LogP contribution >= 0.6 is 0 Å². The van der Waals surface area contributed by atoms with Gasteiger partial charge in [-0.15, -0.1) is 0 Å². The second-order valence-corrected chi connectivity index (χ2v) is 5.54. The van der Waals surface area contributed by atoms with Crippen molar-refractivity contribution in [3.8, 4) is 0 Å². The standard InChI is InChI=1S/C20H21N/c1-15-8-3-4-10-17(15)14-20(21-2)19-13-7-11-16-9-5-6-12-18(16)19/h3-13,20-21H,14H2,1-2H3. The molecule has 0 saturated carbocycles. The first kappa shape index (κ1) is 13.8. The van der Waals surface area contributed by atoms with E-state index in [-0.39, 0.29) is 0 Å². The number of hydrogen-bond donors (Lipinski definition) is 1. The summed E-state index contributed by atoms with van der Waals surface area (Å²) in [4.78, 5) is 0. The molecule has 0 amide bonds. The first-order valence-electron chi connectivity index (χ1n) is 7.49. The molecule has 0 saturated heterocycles. The van der Waals surface area contributed by atoms with E-state index in [1.165, 1.54) is 27.5 Å². The van der Waals surface area contributed by atoms with Crippen LogP contribution in [0.1, 0.15) is 22.7 Å². The highest BCUT2D eigenvalue weighted by atomic mass is 14.9. The van der Waals surface area contributed by atoms with E-state index in [0.29, 0.717) is 6.04 Å². The van der Waals surface area contributed by atoms with Gasteiger partial charge in [0.15, 0.2) is 0 Å². The molecule has 1 atom stereocenters. The molecule has 0 radical (unpaired) electrons. The van der Waals surface area contributed by atoms with E-state index >= 15 is 0 Å². The van der Waals surface area contributed by atoms with Gasteiger partial charge < -0.3 is 5.32 Å². The summed E-state index contributed by atoms with van der Waals surface area (Å²) >= 11 is 0. The minimum absolute atomic E-state index is 0.331. The molecule has 0 aliphatic heterocycles. The molecule has 0 aromatic heterocycles. The van der Waals surface area contributed by atoms with Crippen LogP contribution in [-0.4, -0.2) is 7.05 Å². The molecule has 21 heavy (non-hydrogen) atoms. The van der Waals surface area contributed by atoms with Crippen molar-refractivity contribution < 1.29 is 0 Å². The lowest BCUT2D eigenvalue weighted by Crippen LogP contribution is -2.19. The van der Waals surface area contributed by atoms with Crippen molar-refractivity contribution >= 4 is 10.8 Å². The van der Waals surface area contributed by atoms with Crippen LogP contribution < -0.4 is 5.32 Å². The van der Waals surface area contributed by atoms with E-state index in [9.17, 15) is 0 Å². The van der Waals surface area contributed by atoms with Gasteiger partial charge in [0.2, 0.25) is 0 Å². The third-order valence-electron chi connectivity index (χ3n) is 4.23.